The van der Waals surface area contributed by atoms with Gasteiger partial charge in [0, 0.05) is 24.7 Å². The van der Waals surface area contributed by atoms with Crippen molar-refractivity contribution in [2.45, 2.75) is 58.5 Å². The molecule has 1 N–H and O–H groups in total. The van der Waals surface area contributed by atoms with Crippen LogP contribution in [0.25, 0.3) is 0 Å². The molecule has 110 valence electrons. The highest BCUT2D eigenvalue weighted by Gasteiger charge is 2.43. The number of carbonyl (C=O) groups is 1. The molecular formula is C12H22N3O4-. The fourth-order valence-corrected chi connectivity index (χ4v) is 2.04. The molecule has 0 atom stereocenters. The van der Waals surface area contributed by atoms with Gasteiger partial charge in [0.05, 0.1) is 0 Å². The van der Waals surface area contributed by atoms with Gasteiger partial charge in [-0.25, -0.2) is 4.79 Å². The number of carboxylic acids is 1. The van der Waals surface area contributed by atoms with Gasteiger partial charge in [-0.3, -0.25) is 0 Å². The number of aliphatic carboxylic acids is 1. The van der Waals surface area contributed by atoms with Gasteiger partial charge in [-0.2, -0.15) is 0 Å². The van der Waals surface area contributed by atoms with Crippen LogP contribution >= 0.6 is 0 Å². The molecule has 0 amide bonds. The molecule has 0 heterocycles. The van der Waals surface area contributed by atoms with Gasteiger partial charge >= 0.3 is 5.97 Å². The van der Waals surface area contributed by atoms with E-state index in [1.165, 1.54) is 0 Å². The van der Waals surface area contributed by atoms with Crippen LogP contribution in [0, 0.1) is 10.6 Å². The Morgan fingerprint density at radius 3 is 2.42 bits per heavy atom. The fraction of sp³-hybridized carbons (Fsp3) is 0.917. The van der Waals surface area contributed by atoms with Crippen LogP contribution in [-0.4, -0.2) is 28.4 Å². The van der Waals surface area contributed by atoms with Crippen LogP contribution in [0.2, 0.25) is 0 Å². The van der Waals surface area contributed by atoms with Gasteiger partial charge in [-0.15, -0.1) is 0 Å². The zero-order valence-electron chi connectivity index (χ0n) is 11.8. The Labute approximate surface area is 113 Å². The lowest BCUT2D eigenvalue weighted by Gasteiger charge is -2.32. The largest absolute Gasteiger partial charge is 0.740 e. The number of hydroxylamine groups is 1. The van der Waals surface area contributed by atoms with Crippen LogP contribution in [0.15, 0.2) is 10.5 Å². The summed E-state index contributed by atoms with van der Waals surface area (Å²) >= 11 is 0. The first-order chi connectivity index (χ1) is 8.75. The van der Waals surface area contributed by atoms with Gasteiger partial charge in [-0.05, 0) is 23.5 Å². The van der Waals surface area contributed by atoms with E-state index in [2.05, 4.69) is 10.5 Å². The van der Waals surface area contributed by atoms with Crippen LogP contribution in [-0.2, 0) is 9.63 Å². The Balaban J connectivity index is 2.54. The smallest absolute Gasteiger partial charge is 0.350 e. The lowest BCUT2D eigenvalue weighted by molar-refractivity contribution is -0.173. The summed E-state index contributed by atoms with van der Waals surface area (Å²) in [5.41, 5.74) is -1.53. The second-order valence-electron chi connectivity index (χ2n) is 6.19. The number of hydrogen-bond acceptors (Lipinski definition) is 5. The van der Waals surface area contributed by atoms with E-state index in [0.717, 1.165) is 19.3 Å². The van der Waals surface area contributed by atoms with Crippen LogP contribution in [0.1, 0.15) is 52.9 Å². The minimum atomic E-state index is -1.32. The maximum Gasteiger partial charge on any atom is 0.350 e. The number of hydrogen-bond donors (Lipinski definition) is 1. The van der Waals surface area contributed by atoms with Crippen molar-refractivity contribution in [3.8, 4) is 0 Å². The standard InChI is InChI=1S/C12H22N3O4/c1-11(2,3)9-15(18)13-14-19-12(10(16)17)7-5-4-6-8-12/h4-9H2,1-3H3,(H,16,17)/q-1/b14-13+. The first-order valence-corrected chi connectivity index (χ1v) is 6.52. The molecule has 1 rings (SSSR count). The van der Waals surface area contributed by atoms with E-state index in [9.17, 15) is 15.1 Å². The SMILES string of the molecule is CC(C)(C)CN([O-])/N=N/OC1(C(=O)O)CCCCC1. The summed E-state index contributed by atoms with van der Waals surface area (Å²) in [4.78, 5) is 16.3. The van der Waals surface area contributed by atoms with Crippen LogP contribution < -0.4 is 0 Å². The number of carboxylic acid groups (broad SMARTS) is 1. The third kappa shape index (κ3) is 5.02. The third-order valence-corrected chi connectivity index (χ3v) is 3.01. The Hall–Kier alpha value is -1.37. The Morgan fingerprint density at radius 2 is 1.95 bits per heavy atom. The average Bonchev–Trinajstić information content (AvgIpc) is 2.27. The first kappa shape index (κ1) is 15.7. The summed E-state index contributed by atoms with van der Waals surface area (Å²) in [6, 6.07) is 0. The predicted molar refractivity (Wildman–Crippen MR) is 68.9 cm³/mol. The van der Waals surface area contributed by atoms with Gasteiger partial charge in [0.1, 0.15) is 0 Å². The molecule has 7 nitrogen and oxygen atoms in total. The second kappa shape index (κ2) is 6.18. The zero-order valence-corrected chi connectivity index (χ0v) is 11.8. The molecule has 0 aliphatic heterocycles. The van der Waals surface area contributed by atoms with Crippen molar-refractivity contribution in [1.82, 2.24) is 5.17 Å². The molecule has 1 fully saturated rings. The maximum absolute atomic E-state index is 11.4. The quantitative estimate of drug-likeness (QED) is 0.613. The molecular weight excluding hydrogens is 250 g/mol. The molecule has 0 aromatic carbocycles. The number of rotatable bonds is 5. The summed E-state index contributed by atoms with van der Waals surface area (Å²) in [6.07, 6.45) is 3.36. The van der Waals surface area contributed by atoms with Gasteiger partial charge in [0.25, 0.3) is 0 Å². The third-order valence-electron chi connectivity index (χ3n) is 3.01. The van der Waals surface area contributed by atoms with E-state index in [-0.39, 0.29) is 12.0 Å². The first-order valence-electron chi connectivity index (χ1n) is 6.52. The van der Waals surface area contributed by atoms with Gasteiger partial charge < -0.3 is 20.3 Å². The highest BCUT2D eigenvalue weighted by molar-refractivity contribution is 5.77. The van der Waals surface area contributed by atoms with Crippen molar-refractivity contribution in [3.63, 3.8) is 0 Å². The minimum Gasteiger partial charge on any atom is -0.740 e. The van der Waals surface area contributed by atoms with Crippen LogP contribution in [0.5, 0.6) is 0 Å². The maximum atomic E-state index is 11.4. The van der Waals surface area contributed by atoms with E-state index in [1.807, 2.05) is 20.8 Å². The summed E-state index contributed by atoms with van der Waals surface area (Å²) in [7, 11) is 0. The van der Waals surface area contributed by atoms with Crippen molar-refractivity contribution in [2.75, 3.05) is 6.54 Å². The van der Waals surface area contributed by atoms with Gasteiger partial charge in [0.15, 0.2) is 0 Å². The minimum absolute atomic E-state index is 0.167. The van der Waals surface area contributed by atoms with Crippen molar-refractivity contribution in [3.05, 3.63) is 5.21 Å². The fourth-order valence-electron chi connectivity index (χ4n) is 2.04. The highest BCUT2D eigenvalue weighted by Crippen LogP contribution is 2.32. The Morgan fingerprint density at radius 1 is 1.37 bits per heavy atom. The molecule has 0 spiro atoms. The van der Waals surface area contributed by atoms with Crippen molar-refractivity contribution < 1.29 is 14.7 Å². The van der Waals surface area contributed by atoms with E-state index in [4.69, 9.17) is 4.84 Å². The van der Waals surface area contributed by atoms with Gasteiger partial charge in [-0.1, -0.05) is 27.2 Å². The van der Waals surface area contributed by atoms with E-state index < -0.39 is 11.6 Å². The van der Waals surface area contributed by atoms with Gasteiger partial charge in [0.2, 0.25) is 5.60 Å². The Bertz CT molecular complexity index is 332. The topological polar surface area (TPSA) is 97.5 Å². The lowest BCUT2D eigenvalue weighted by atomic mass is 9.85. The van der Waals surface area contributed by atoms with Crippen molar-refractivity contribution >= 4 is 5.97 Å². The molecule has 0 aromatic heterocycles. The zero-order chi connectivity index (χ0) is 14.5. The molecule has 1 aliphatic carbocycles. The molecule has 0 unspecified atom stereocenters. The summed E-state index contributed by atoms with van der Waals surface area (Å²) in [5, 5.41) is 27.7. The number of nitrogens with zero attached hydrogens (tertiary/aromatic N) is 3. The molecule has 7 heteroatoms. The van der Waals surface area contributed by atoms with Crippen molar-refractivity contribution in [1.29, 1.82) is 0 Å². The molecule has 0 aromatic rings. The normalized spacial score (nSPS) is 19.4. The van der Waals surface area contributed by atoms with E-state index in [0.29, 0.717) is 18.0 Å². The molecule has 0 radical (unpaired) electrons. The Kier molecular flexibility index (Phi) is 5.11. The lowest BCUT2D eigenvalue weighted by Crippen LogP contribution is -2.42. The molecule has 0 bridgehead atoms. The predicted octanol–water partition coefficient (Wildman–Crippen LogP) is 2.92. The second-order valence-corrected chi connectivity index (χ2v) is 6.19. The van der Waals surface area contributed by atoms with Crippen LogP contribution in [0.4, 0.5) is 0 Å². The molecule has 19 heavy (non-hydrogen) atoms. The molecule has 1 saturated carbocycles. The summed E-state index contributed by atoms with van der Waals surface area (Å²) < 4.78 is 0. The van der Waals surface area contributed by atoms with E-state index in [1.54, 1.807) is 0 Å². The van der Waals surface area contributed by atoms with Crippen LogP contribution in [0.3, 0.4) is 0 Å². The van der Waals surface area contributed by atoms with Crippen molar-refractivity contribution in [2.24, 2.45) is 15.9 Å². The summed E-state index contributed by atoms with van der Waals surface area (Å²) in [6.45, 7) is 5.86. The average molecular weight is 272 g/mol. The molecule has 1 aliphatic rings. The molecule has 0 saturated heterocycles. The van der Waals surface area contributed by atoms with E-state index >= 15 is 0 Å². The summed E-state index contributed by atoms with van der Waals surface area (Å²) in [5.74, 6) is -1.04. The monoisotopic (exact) mass is 272 g/mol. The highest BCUT2D eigenvalue weighted by atomic mass is 16.7.